The van der Waals surface area contributed by atoms with Gasteiger partial charge >= 0.3 is 0 Å². The predicted octanol–water partition coefficient (Wildman–Crippen LogP) is 3.16. The Morgan fingerprint density at radius 2 is 1.77 bits per heavy atom. The Morgan fingerprint density at radius 3 is 2.45 bits per heavy atom. The molecule has 1 aromatic heterocycles. The van der Waals surface area contributed by atoms with Gasteiger partial charge in [-0.25, -0.2) is 9.38 Å². The number of benzene rings is 2. The molecule has 0 saturated carbocycles. The maximum atomic E-state index is 13.1. The van der Waals surface area contributed by atoms with Crippen molar-refractivity contribution >= 4 is 23.3 Å². The number of nitrogens with zero attached hydrogens (tertiary/aromatic N) is 2. The first-order chi connectivity index (χ1) is 15.1. The summed E-state index contributed by atoms with van der Waals surface area (Å²) in [4.78, 5) is 29.5. The summed E-state index contributed by atoms with van der Waals surface area (Å²) in [5, 5.41) is 14.9. The van der Waals surface area contributed by atoms with Gasteiger partial charge in [-0.1, -0.05) is 24.3 Å². The van der Waals surface area contributed by atoms with Crippen LogP contribution < -0.4 is 10.6 Å². The lowest BCUT2D eigenvalue weighted by molar-refractivity contribution is -0.117. The third kappa shape index (κ3) is 4.11. The van der Waals surface area contributed by atoms with E-state index in [1.165, 1.54) is 30.5 Å². The summed E-state index contributed by atoms with van der Waals surface area (Å²) in [7, 11) is 0. The number of hydrogen-bond donors (Lipinski definition) is 2. The van der Waals surface area contributed by atoms with Gasteiger partial charge in [-0.05, 0) is 36.4 Å². The zero-order valence-corrected chi connectivity index (χ0v) is 16.1. The highest BCUT2D eigenvalue weighted by Gasteiger charge is 2.27. The van der Waals surface area contributed by atoms with Crippen molar-refractivity contribution in [2.24, 2.45) is 4.99 Å². The number of carbonyl (C=O) groups is 2. The second-order valence-electron chi connectivity index (χ2n) is 6.56. The van der Waals surface area contributed by atoms with Gasteiger partial charge in [-0.2, -0.15) is 5.26 Å². The molecule has 152 valence electrons. The van der Waals surface area contributed by atoms with Crippen LogP contribution in [0.2, 0.25) is 0 Å². The van der Waals surface area contributed by atoms with Crippen molar-refractivity contribution in [3.05, 3.63) is 101 Å². The van der Waals surface area contributed by atoms with Gasteiger partial charge in [0.05, 0.1) is 18.5 Å². The molecule has 31 heavy (non-hydrogen) atoms. The van der Waals surface area contributed by atoms with Crippen molar-refractivity contribution in [1.82, 2.24) is 10.6 Å². The van der Waals surface area contributed by atoms with Gasteiger partial charge in [-0.15, -0.1) is 0 Å². The Hall–Kier alpha value is -4.51. The molecule has 0 radical (unpaired) electrons. The highest BCUT2D eigenvalue weighted by molar-refractivity contribution is 6.20. The van der Waals surface area contributed by atoms with E-state index in [-0.39, 0.29) is 29.2 Å². The first kappa shape index (κ1) is 19.8. The van der Waals surface area contributed by atoms with E-state index in [0.717, 1.165) is 0 Å². The van der Waals surface area contributed by atoms with Crippen molar-refractivity contribution in [2.75, 3.05) is 0 Å². The molecule has 3 aromatic rings. The molecule has 0 fully saturated rings. The van der Waals surface area contributed by atoms with E-state index in [2.05, 4.69) is 15.6 Å². The maximum Gasteiger partial charge on any atom is 0.264 e. The Bertz CT molecular complexity index is 1250. The molecule has 7 nitrogen and oxygen atoms in total. The summed E-state index contributed by atoms with van der Waals surface area (Å²) in [6.45, 7) is 0.115. The fraction of sp³-hybridized carbons (Fsp3) is 0.0435. The quantitative estimate of drug-likeness (QED) is 0.505. The van der Waals surface area contributed by atoms with Crippen molar-refractivity contribution in [2.45, 2.75) is 6.54 Å². The van der Waals surface area contributed by atoms with Crippen LogP contribution in [0.3, 0.4) is 0 Å². The van der Waals surface area contributed by atoms with Crippen LogP contribution in [0.25, 0.3) is 5.70 Å². The number of halogens is 1. The Morgan fingerprint density at radius 1 is 1.03 bits per heavy atom. The lowest BCUT2D eigenvalue weighted by atomic mass is 10.0. The molecule has 0 spiro atoms. The molecule has 8 heteroatoms. The minimum Gasteiger partial charge on any atom is -0.467 e. The molecule has 4 rings (SSSR count). The van der Waals surface area contributed by atoms with E-state index in [0.29, 0.717) is 16.9 Å². The predicted molar refractivity (Wildman–Crippen MR) is 110 cm³/mol. The number of nitriles is 1. The molecule has 2 aromatic carbocycles. The van der Waals surface area contributed by atoms with E-state index in [1.807, 2.05) is 6.07 Å². The Labute approximate surface area is 176 Å². The van der Waals surface area contributed by atoms with Gasteiger partial charge in [0.1, 0.15) is 29.1 Å². The van der Waals surface area contributed by atoms with Gasteiger partial charge in [0.2, 0.25) is 0 Å². The fourth-order valence-electron chi connectivity index (χ4n) is 3.08. The number of furan rings is 1. The van der Waals surface area contributed by atoms with Gasteiger partial charge in [0.25, 0.3) is 11.8 Å². The molecule has 2 heterocycles. The molecular weight excluding hydrogens is 399 g/mol. The third-order valence-corrected chi connectivity index (χ3v) is 4.58. The number of nitrogens with one attached hydrogen (secondary N) is 2. The average molecular weight is 414 g/mol. The highest BCUT2D eigenvalue weighted by Crippen LogP contribution is 2.30. The summed E-state index contributed by atoms with van der Waals surface area (Å²) in [6, 6.07) is 17.3. The second-order valence-corrected chi connectivity index (χ2v) is 6.56. The largest absolute Gasteiger partial charge is 0.467 e. The fourth-order valence-corrected chi connectivity index (χ4v) is 3.08. The van der Waals surface area contributed by atoms with Crippen LogP contribution in [0.5, 0.6) is 0 Å². The summed E-state index contributed by atoms with van der Waals surface area (Å²) in [5.74, 6) is -0.816. The summed E-state index contributed by atoms with van der Waals surface area (Å²) in [5.41, 5.74) is 1.33. The van der Waals surface area contributed by atoms with Crippen LogP contribution in [-0.4, -0.2) is 17.6 Å². The zero-order chi connectivity index (χ0) is 21.8. The molecule has 2 amide bonds. The molecule has 2 N–H and O–H groups in total. The van der Waals surface area contributed by atoms with E-state index in [9.17, 15) is 19.2 Å². The number of hydrogen-bond acceptors (Lipinski definition) is 5. The first-order valence-corrected chi connectivity index (χ1v) is 9.27. The summed E-state index contributed by atoms with van der Waals surface area (Å²) < 4.78 is 18.3. The van der Waals surface area contributed by atoms with E-state index >= 15 is 0 Å². The maximum absolute atomic E-state index is 13.1. The average Bonchev–Trinajstić information content (AvgIpc) is 3.42. The molecule has 0 aliphatic carbocycles. The van der Waals surface area contributed by atoms with E-state index < -0.39 is 17.6 Å². The number of amides is 2. The van der Waals surface area contributed by atoms with Crippen LogP contribution in [-0.2, 0) is 11.3 Å². The minimum atomic E-state index is -0.612. The number of amidine groups is 1. The molecule has 1 aliphatic heterocycles. The van der Waals surface area contributed by atoms with Gasteiger partial charge in [0, 0.05) is 16.7 Å². The zero-order valence-electron chi connectivity index (χ0n) is 16.1. The molecule has 0 saturated heterocycles. The Balaban J connectivity index is 1.64. The van der Waals surface area contributed by atoms with Crippen molar-refractivity contribution in [3.63, 3.8) is 0 Å². The SMILES string of the molecule is N#C/C(C(=O)NCc1ccco1)=C1/N=C(NC(=O)c2ccc(F)cc2)c2ccccc21. The number of carbonyl (C=O) groups excluding carboxylic acids is 2. The van der Waals surface area contributed by atoms with Crippen LogP contribution in [0.4, 0.5) is 4.39 Å². The molecular formula is C23H15FN4O3. The lowest BCUT2D eigenvalue weighted by Gasteiger charge is -2.06. The van der Waals surface area contributed by atoms with Gasteiger partial charge in [-0.3, -0.25) is 9.59 Å². The third-order valence-electron chi connectivity index (χ3n) is 4.58. The topological polar surface area (TPSA) is 107 Å². The minimum absolute atomic E-state index is 0.115. The van der Waals surface area contributed by atoms with Gasteiger partial charge in [0.15, 0.2) is 0 Å². The standard InChI is InChI=1S/C23H15FN4O3/c24-15-9-7-14(8-10-15)22(29)28-21-18-6-2-1-5-17(18)20(27-21)19(12-25)23(30)26-13-16-4-3-11-31-16/h1-11H,13H2,(H,26,30)(H,27,28,29)/b20-19-. The van der Waals surface area contributed by atoms with Crippen LogP contribution in [0, 0.1) is 17.1 Å². The lowest BCUT2D eigenvalue weighted by Crippen LogP contribution is -2.30. The van der Waals surface area contributed by atoms with E-state index in [1.54, 1.807) is 36.4 Å². The monoisotopic (exact) mass is 414 g/mol. The molecule has 0 unspecified atom stereocenters. The van der Waals surface area contributed by atoms with Crippen molar-refractivity contribution in [3.8, 4) is 6.07 Å². The Kier molecular flexibility index (Phi) is 5.41. The number of fused-ring (bicyclic) bond motifs is 1. The normalized spacial score (nSPS) is 13.6. The first-order valence-electron chi connectivity index (χ1n) is 9.27. The van der Waals surface area contributed by atoms with E-state index in [4.69, 9.17) is 4.42 Å². The van der Waals surface area contributed by atoms with Crippen LogP contribution in [0.1, 0.15) is 27.2 Å². The van der Waals surface area contributed by atoms with Gasteiger partial charge < -0.3 is 15.1 Å². The van der Waals surface area contributed by atoms with Crippen LogP contribution >= 0.6 is 0 Å². The smallest absolute Gasteiger partial charge is 0.264 e. The number of aliphatic imine (C=N–C) groups is 1. The van der Waals surface area contributed by atoms with Crippen molar-refractivity contribution in [1.29, 1.82) is 5.26 Å². The molecule has 1 aliphatic rings. The highest BCUT2D eigenvalue weighted by atomic mass is 19.1. The number of rotatable bonds is 4. The summed E-state index contributed by atoms with van der Waals surface area (Å²) >= 11 is 0. The van der Waals surface area contributed by atoms with Crippen molar-refractivity contribution < 1.29 is 18.4 Å². The molecule has 0 bridgehead atoms. The molecule has 0 atom stereocenters. The summed E-state index contributed by atoms with van der Waals surface area (Å²) in [6.07, 6.45) is 1.48. The van der Waals surface area contributed by atoms with Crippen LogP contribution in [0.15, 0.2) is 81.9 Å². The second kappa shape index (κ2) is 8.47.